The summed E-state index contributed by atoms with van der Waals surface area (Å²) < 4.78 is 24.6. The molecule has 11 heteroatoms. The second-order valence-electron chi connectivity index (χ2n) is 4.66. The van der Waals surface area contributed by atoms with Crippen LogP contribution in [0, 0.1) is 0 Å². The highest BCUT2D eigenvalue weighted by Crippen LogP contribution is 2.14. The Morgan fingerprint density at radius 3 is 2.43 bits per heavy atom. The van der Waals surface area contributed by atoms with Gasteiger partial charge in [-0.05, 0) is 30.7 Å². The van der Waals surface area contributed by atoms with Gasteiger partial charge in [0.15, 0.2) is 0 Å². The summed E-state index contributed by atoms with van der Waals surface area (Å²) in [7, 11) is -3.88. The molecule has 4 amide bonds. The fourth-order valence-electron chi connectivity index (χ4n) is 1.80. The zero-order valence-electron chi connectivity index (χ0n) is 11.6. The number of benzene rings is 1. The second kappa shape index (κ2) is 7.06. The molecule has 1 fully saturated rings. The molecule has 0 spiro atoms. The molecule has 0 aliphatic carbocycles. The third-order valence-electron chi connectivity index (χ3n) is 2.97. The number of halogens is 1. The van der Waals surface area contributed by atoms with Crippen molar-refractivity contribution < 1.29 is 22.8 Å². The van der Waals surface area contributed by atoms with Crippen molar-refractivity contribution in [1.29, 1.82) is 0 Å². The largest absolute Gasteiger partial charge is 0.326 e. The third kappa shape index (κ3) is 4.74. The molecule has 4 N–H and O–H groups in total. The summed E-state index contributed by atoms with van der Waals surface area (Å²) in [5.74, 6) is -1.14. The molecule has 23 heavy (non-hydrogen) atoms. The van der Waals surface area contributed by atoms with E-state index in [1.54, 1.807) is 12.1 Å². The second-order valence-corrected chi connectivity index (χ2v) is 7.26. The summed E-state index contributed by atoms with van der Waals surface area (Å²) in [6.45, 7) is 0. The molecule has 1 saturated heterocycles. The van der Waals surface area contributed by atoms with Gasteiger partial charge in [-0.15, -0.1) is 4.83 Å². The van der Waals surface area contributed by atoms with E-state index >= 15 is 0 Å². The Hall–Kier alpha value is -1.98. The number of urea groups is 1. The topological polar surface area (TPSA) is 133 Å². The van der Waals surface area contributed by atoms with Crippen molar-refractivity contribution in [2.45, 2.75) is 23.8 Å². The minimum Gasteiger partial charge on any atom is -0.326 e. The molecule has 1 atom stereocenters. The number of rotatable bonds is 6. The van der Waals surface area contributed by atoms with Crippen molar-refractivity contribution in [3.8, 4) is 0 Å². The first-order chi connectivity index (χ1) is 10.8. The molecule has 1 aliphatic heterocycles. The van der Waals surface area contributed by atoms with Gasteiger partial charge >= 0.3 is 6.03 Å². The van der Waals surface area contributed by atoms with Crippen LogP contribution in [0.25, 0.3) is 0 Å². The lowest BCUT2D eigenvalue weighted by atomic mass is 10.1. The van der Waals surface area contributed by atoms with Gasteiger partial charge in [0.1, 0.15) is 6.04 Å². The maximum absolute atomic E-state index is 11.9. The minimum atomic E-state index is -3.88. The first-order valence-corrected chi connectivity index (χ1v) is 8.73. The van der Waals surface area contributed by atoms with Gasteiger partial charge in [-0.2, -0.15) is 0 Å². The van der Waals surface area contributed by atoms with Gasteiger partial charge in [-0.25, -0.2) is 13.2 Å². The normalized spacial score (nSPS) is 17.5. The first kappa shape index (κ1) is 17.4. The Balaban J connectivity index is 1.83. The molecule has 1 unspecified atom stereocenters. The van der Waals surface area contributed by atoms with E-state index in [0.717, 1.165) is 4.47 Å². The molecule has 9 nitrogen and oxygen atoms in total. The number of amides is 4. The predicted molar refractivity (Wildman–Crippen MR) is 82.3 cm³/mol. The summed E-state index contributed by atoms with van der Waals surface area (Å²) >= 11 is 3.19. The zero-order chi connectivity index (χ0) is 17.0. The standard InChI is InChI=1S/C12H13BrN4O5S/c13-7-1-3-8(4-2-7)23(21,22)17-16-10(18)6-5-9-11(19)15-12(20)14-9/h1-4,9,17H,5-6H2,(H,16,18)(H2,14,15,19,20). The van der Waals surface area contributed by atoms with E-state index in [1.165, 1.54) is 12.1 Å². The van der Waals surface area contributed by atoms with Crippen LogP contribution in [0.15, 0.2) is 33.6 Å². The van der Waals surface area contributed by atoms with Crippen LogP contribution in [0.3, 0.4) is 0 Å². The molecule has 1 aromatic rings. The minimum absolute atomic E-state index is 0.0107. The van der Waals surface area contributed by atoms with E-state index in [0.29, 0.717) is 0 Å². The van der Waals surface area contributed by atoms with E-state index in [1.807, 2.05) is 10.1 Å². The Morgan fingerprint density at radius 1 is 1.22 bits per heavy atom. The zero-order valence-corrected chi connectivity index (χ0v) is 14.0. The number of hydrazine groups is 1. The van der Waals surface area contributed by atoms with Crippen LogP contribution in [-0.4, -0.2) is 32.3 Å². The Kier molecular flexibility index (Phi) is 5.34. The molecule has 124 valence electrons. The lowest BCUT2D eigenvalue weighted by molar-refractivity contribution is -0.122. The Bertz CT molecular complexity index is 734. The predicted octanol–water partition coefficient (Wildman–Crippen LogP) is -0.253. The molecule has 0 radical (unpaired) electrons. The van der Waals surface area contributed by atoms with Crippen LogP contribution in [-0.2, 0) is 19.6 Å². The Morgan fingerprint density at radius 2 is 1.87 bits per heavy atom. The van der Waals surface area contributed by atoms with Gasteiger partial charge in [0.05, 0.1) is 4.90 Å². The van der Waals surface area contributed by atoms with Crippen LogP contribution < -0.4 is 20.9 Å². The van der Waals surface area contributed by atoms with Crippen molar-refractivity contribution in [3.05, 3.63) is 28.7 Å². The SMILES string of the molecule is O=C(CCC1NC(=O)NC1=O)NNS(=O)(=O)c1ccc(Br)cc1. The van der Waals surface area contributed by atoms with E-state index in [9.17, 15) is 22.8 Å². The van der Waals surface area contributed by atoms with Crippen molar-refractivity contribution in [2.24, 2.45) is 0 Å². The maximum Gasteiger partial charge on any atom is 0.322 e. The summed E-state index contributed by atoms with van der Waals surface area (Å²) in [4.78, 5) is 35.8. The van der Waals surface area contributed by atoms with Crippen LogP contribution in [0.5, 0.6) is 0 Å². The Labute approximate surface area is 140 Å². The number of nitrogens with one attached hydrogen (secondary N) is 4. The van der Waals surface area contributed by atoms with Crippen LogP contribution in [0.1, 0.15) is 12.8 Å². The van der Waals surface area contributed by atoms with Crippen LogP contribution in [0.2, 0.25) is 0 Å². The van der Waals surface area contributed by atoms with E-state index < -0.39 is 33.9 Å². The lowest BCUT2D eigenvalue weighted by Gasteiger charge is -2.10. The van der Waals surface area contributed by atoms with Crippen LogP contribution >= 0.6 is 15.9 Å². The molecule has 0 bridgehead atoms. The summed E-state index contributed by atoms with van der Waals surface area (Å²) in [6, 6.07) is 4.44. The average molecular weight is 405 g/mol. The lowest BCUT2D eigenvalue weighted by Crippen LogP contribution is -2.42. The van der Waals surface area contributed by atoms with Crippen LogP contribution in [0.4, 0.5) is 4.79 Å². The van der Waals surface area contributed by atoms with E-state index in [-0.39, 0.29) is 17.7 Å². The highest BCUT2D eigenvalue weighted by Gasteiger charge is 2.29. The fraction of sp³-hybridized carbons (Fsp3) is 0.250. The summed E-state index contributed by atoms with van der Waals surface area (Å²) in [5, 5.41) is 4.38. The molecule has 0 saturated carbocycles. The van der Waals surface area contributed by atoms with Crippen molar-refractivity contribution in [2.75, 3.05) is 0 Å². The molecule has 1 aromatic carbocycles. The number of hydrogen-bond acceptors (Lipinski definition) is 5. The number of sulfonamides is 1. The number of imide groups is 1. The smallest absolute Gasteiger partial charge is 0.322 e. The third-order valence-corrected chi connectivity index (χ3v) is 4.76. The molecule has 0 aromatic heterocycles. The van der Waals surface area contributed by atoms with Gasteiger partial charge < -0.3 is 5.32 Å². The molecular formula is C12H13BrN4O5S. The molecule has 1 aliphatic rings. The van der Waals surface area contributed by atoms with Crippen molar-refractivity contribution in [1.82, 2.24) is 20.9 Å². The summed E-state index contributed by atoms with van der Waals surface area (Å²) in [5.41, 5.74) is 2.05. The molecule has 1 heterocycles. The number of carbonyl (C=O) groups is 3. The fourth-order valence-corrected chi connectivity index (χ4v) is 2.92. The van der Waals surface area contributed by atoms with Crippen molar-refractivity contribution in [3.63, 3.8) is 0 Å². The highest BCUT2D eigenvalue weighted by atomic mass is 79.9. The maximum atomic E-state index is 11.9. The van der Waals surface area contributed by atoms with Crippen molar-refractivity contribution >= 4 is 43.8 Å². The quantitative estimate of drug-likeness (QED) is 0.383. The van der Waals surface area contributed by atoms with Gasteiger partial charge in [0, 0.05) is 10.9 Å². The van der Waals surface area contributed by atoms with Gasteiger partial charge in [0.25, 0.3) is 15.9 Å². The first-order valence-electron chi connectivity index (χ1n) is 6.45. The number of hydrogen-bond donors (Lipinski definition) is 4. The summed E-state index contributed by atoms with van der Waals surface area (Å²) in [6.07, 6.45) is -0.0787. The monoisotopic (exact) mass is 404 g/mol. The molecular weight excluding hydrogens is 392 g/mol. The molecule has 2 rings (SSSR count). The number of carbonyl (C=O) groups excluding carboxylic acids is 3. The van der Waals surface area contributed by atoms with Gasteiger partial charge in [0.2, 0.25) is 5.91 Å². The van der Waals surface area contributed by atoms with E-state index in [2.05, 4.69) is 26.7 Å². The average Bonchev–Trinajstić information content (AvgIpc) is 2.81. The van der Waals surface area contributed by atoms with E-state index in [4.69, 9.17) is 0 Å². The highest BCUT2D eigenvalue weighted by molar-refractivity contribution is 9.10. The van der Waals surface area contributed by atoms with Gasteiger partial charge in [-0.1, -0.05) is 15.9 Å². The van der Waals surface area contributed by atoms with Gasteiger partial charge in [-0.3, -0.25) is 20.3 Å².